The van der Waals surface area contributed by atoms with E-state index < -0.39 is 0 Å². The summed E-state index contributed by atoms with van der Waals surface area (Å²) in [4.78, 5) is 9.71. The van der Waals surface area contributed by atoms with Crippen molar-refractivity contribution in [2.45, 2.75) is 46.6 Å². The lowest BCUT2D eigenvalue weighted by Gasteiger charge is -2.35. The number of likely N-dealkylation sites (N-methyl/N-ethyl adjacent to an activating group) is 1. The van der Waals surface area contributed by atoms with Crippen molar-refractivity contribution in [3.8, 4) is 0 Å². The molecule has 1 unspecified atom stereocenters. The van der Waals surface area contributed by atoms with Crippen molar-refractivity contribution in [3.63, 3.8) is 0 Å². The zero-order valence-corrected chi connectivity index (χ0v) is 18.1. The van der Waals surface area contributed by atoms with Crippen LogP contribution in [0.25, 0.3) is 0 Å². The van der Waals surface area contributed by atoms with Crippen molar-refractivity contribution in [1.82, 2.24) is 20.4 Å². The number of nitrogens with one attached hydrogen (secondary N) is 2. The van der Waals surface area contributed by atoms with E-state index in [2.05, 4.69) is 55.2 Å². The Labute approximate surface area is 160 Å². The van der Waals surface area contributed by atoms with Crippen molar-refractivity contribution < 1.29 is 0 Å². The van der Waals surface area contributed by atoms with Crippen LogP contribution >= 0.6 is 24.0 Å². The van der Waals surface area contributed by atoms with E-state index >= 15 is 0 Å². The van der Waals surface area contributed by atoms with Gasteiger partial charge in [-0.05, 0) is 39.7 Å². The third-order valence-electron chi connectivity index (χ3n) is 4.27. The van der Waals surface area contributed by atoms with Crippen LogP contribution in [0.2, 0.25) is 0 Å². The highest BCUT2D eigenvalue weighted by atomic mass is 127. The number of hydrogen-bond donors (Lipinski definition) is 2. The minimum Gasteiger partial charge on any atom is -0.357 e. The third-order valence-corrected chi connectivity index (χ3v) is 4.27. The van der Waals surface area contributed by atoms with Crippen LogP contribution in [0.4, 0.5) is 0 Å². The molecule has 0 spiro atoms. The molecule has 1 heterocycles. The average molecular weight is 439 g/mol. The van der Waals surface area contributed by atoms with Crippen molar-refractivity contribution in [3.05, 3.63) is 0 Å². The standard InChI is InChI=1S/C17H37N5.HI/c1-6-18-17(19-9-7-8-15(2)3)20-14-16(4)22-12-10-21(5)11-13-22;/h15-16H,6-14H2,1-5H3,(H2,18,19,20);1H. The number of halogens is 1. The van der Waals surface area contributed by atoms with Gasteiger partial charge in [0.05, 0.1) is 6.54 Å². The Balaban J connectivity index is 0.00000484. The van der Waals surface area contributed by atoms with E-state index in [1.54, 1.807) is 0 Å². The van der Waals surface area contributed by atoms with Gasteiger partial charge in [-0.3, -0.25) is 9.89 Å². The number of guanidine groups is 1. The molecule has 1 rings (SSSR count). The number of nitrogens with zero attached hydrogens (tertiary/aromatic N) is 3. The summed E-state index contributed by atoms with van der Waals surface area (Å²) >= 11 is 0. The lowest BCUT2D eigenvalue weighted by Crippen LogP contribution is -2.49. The van der Waals surface area contributed by atoms with Gasteiger partial charge >= 0.3 is 0 Å². The first kappa shape index (κ1) is 22.9. The Bertz CT molecular complexity index is 314. The van der Waals surface area contributed by atoms with E-state index in [0.717, 1.165) is 44.6 Å². The first-order chi connectivity index (χ1) is 10.5. The average Bonchev–Trinajstić information content (AvgIpc) is 2.49. The summed E-state index contributed by atoms with van der Waals surface area (Å²) in [5.41, 5.74) is 0. The molecule has 1 saturated heterocycles. The molecule has 5 nitrogen and oxygen atoms in total. The maximum absolute atomic E-state index is 4.76. The normalized spacial score (nSPS) is 18.6. The molecule has 138 valence electrons. The zero-order valence-electron chi connectivity index (χ0n) is 15.8. The summed E-state index contributed by atoms with van der Waals surface area (Å²) in [6.07, 6.45) is 2.47. The Morgan fingerprint density at radius 2 is 1.74 bits per heavy atom. The van der Waals surface area contributed by atoms with Crippen molar-refractivity contribution in [2.75, 3.05) is 52.9 Å². The molecule has 23 heavy (non-hydrogen) atoms. The van der Waals surface area contributed by atoms with Crippen LogP contribution in [0.3, 0.4) is 0 Å². The first-order valence-electron chi connectivity index (χ1n) is 8.97. The van der Waals surface area contributed by atoms with Gasteiger partial charge < -0.3 is 15.5 Å². The minimum absolute atomic E-state index is 0. The lowest BCUT2D eigenvalue weighted by molar-refractivity contribution is 0.122. The Kier molecular flexibility index (Phi) is 13.2. The summed E-state index contributed by atoms with van der Waals surface area (Å²) in [6, 6.07) is 0.514. The second kappa shape index (κ2) is 13.2. The van der Waals surface area contributed by atoms with Gasteiger partial charge in [0.1, 0.15) is 0 Å². The summed E-state index contributed by atoms with van der Waals surface area (Å²) in [5, 5.41) is 6.80. The zero-order chi connectivity index (χ0) is 16.4. The molecule has 0 aromatic heterocycles. The molecule has 2 N–H and O–H groups in total. The number of piperazine rings is 1. The highest BCUT2D eigenvalue weighted by Crippen LogP contribution is 2.05. The van der Waals surface area contributed by atoms with Gasteiger partial charge in [0.15, 0.2) is 5.96 Å². The van der Waals surface area contributed by atoms with Crippen molar-refractivity contribution >= 4 is 29.9 Å². The molecular weight excluding hydrogens is 401 g/mol. The predicted octanol–water partition coefficient (Wildman–Crippen LogP) is 2.23. The van der Waals surface area contributed by atoms with Crippen LogP contribution in [0.5, 0.6) is 0 Å². The van der Waals surface area contributed by atoms with E-state index in [1.165, 1.54) is 25.9 Å². The first-order valence-corrected chi connectivity index (χ1v) is 8.97. The highest BCUT2D eigenvalue weighted by Gasteiger charge is 2.18. The SMILES string of the molecule is CCNC(=NCC(C)N1CCN(C)CC1)NCCCC(C)C.I. The maximum Gasteiger partial charge on any atom is 0.191 e. The highest BCUT2D eigenvalue weighted by molar-refractivity contribution is 14.0. The quantitative estimate of drug-likeness (QED) is 0.264. The molecule has 0 aliphatic carbocycles. The van der Waals surface area contributed by atoms with E-state index in [9.17, 15) is 0 Å². The van der Waals surface area contributed by atoms with Gasteiger partial charge in [0.2, 0.25) is 0 Å². The van der Waals surface area contributed by atoms with Crippen LogP contribution in [0.15, 0.2) is 4.99 Å². The predicted molar refractivity (Wildman–Crippen MR) is 112 cm³/mol. The molecule has 1 fully saturated rings. The van der Waals surface area contributed by atoms with E-state index in [1.807, 2.05) is 0 Å². The van der Waals surface area contributed by atoms with Gasteiger partial charge in [-0.2, -0.15) is 0 Å². The monoisotopic (exact) mass is 439 g/mol. The van der Waals surface area contributed by atoms with Crippen molar-refractivity contribution in [2.24, 2.45) is 10.9 Å². The summed E-state index contributed by atoms with van der Waals surface area (Å²) in [7, 11) is 2.20. The summed E-state index contributed by atoms with van der Waals surface area (Å²) < 4.78 is 0. The fourth-order valence-electron chi connectivity index (χ4n) is 2.66. The van der Waals surface area contributed by atoms with Crippen molar-refractivity contribution in [1.29, 1.82) is 0 Å². The second-order valence-electron chi connectivity index (χ2n) is 6.87. The van der Waals surface area contributed by atoms with Crippen LogP contribution in [-0.4, -0.2) is 74.7 Å². The van der Waals surface area contributed by atoms with E-state index in [4.69, 9.17) is 4.99 Å². The van der Waals surface area contributed by atoms with Gasteiger partial charge in [0, 0.05) is 45.3 Å². The van der Waals surface area contributed by atoms with Gasteiger partial charge in [-0.15, -0.1) is 24.0 Å². The molecule has 6 heteroatoms. The van der Waals surface area contributed by atoms with Crippen LogP contribution in [0, 0.1) is 5.92 Å². The third kappa shape index (κ3) is 10.4. The van der Waals surface area contributed by atoms with E-state index in [-0.39, 0.29) is 24.0 Å². The Morgan fingerprint density at radius 1 is 1.09 bits per heavy atom. The Hall–Kier alpha value is -0.0800. The van der Waals surface area contributed by atoms with Gasteiger partial charge in [-0.1, -0.05) is 13.8 Å². The topological polar surface area (TPSA) is 42.9 Å². The Morgan fingerprint density at radius 3 is 2.30 bits per heavy atom. The van der Waals surface area contributed by atoms with Crippen LogP contribution < -0.4 is 10.6 Å². The molecule has 0 aromatic carbocycles. The summed E-state index contributed by atoms with van der Waals surface area (Å²) in [5.74, 6) is 1.74. The van der Waals surface area contributed by atoms with Crippen LogP contribution in [0.1, 0.15) is 40.5 Å². The molecule has 1 aliphatic heterocycles. The number of aliphatic imine (C=N–C) groups is 1. The molecule has 0 radical (unpaired) electrons. The number of hydrogen-bond acceptors (Lipinski definition) is 3. The molecule has 0 amide bonds. The minimum atomic E-state index is 0. The van der Waals surface area contributed by atoms with E-state index in [0.29, 0.717) is 6.04 Å². The lowest BCUT2D eigenvalue weighted by atomic mass is 10.1. The fourth-order valence-corrected chi connectivity index (χ4v) is 2.66. The maximum atomic E-state index is 4.76. The number of rotatable bonds is 8. The molecule has 0 bridgehead atoms. The van der Waals surface area contributed by atoms with Gasteiger partial charge in [0.25, 0.3) is 0 Å². The second-order valence-corrected chi connectivity index (χ2v) is 6.87. The molecule has 1 atom stereocenters. The molecule has 0 saturated carbocycles. The largest absolute Gasteiger partial charge is 0.357 e. The van der Waals surface area contributed by atoms with Crippen LogP contribution in [-0.2, 0) is 0 Å². The fraction of sp³-hybridized carbons (Fsp3) is 0.941. The molecular formula is C17H38IN5. The van der Waals surface area contributed by atoms with Gasteiger partial charge in [-0.25, -0.2) is 0 Å². The smallest absolute Gasteiger partial charge is 0.191 e. The molecule has 0 aromatic rings. The summed E-state index contributed by atoms with van der Waals surface area (Å²) in [6.45, 7) is 16.4. The molecule has 1 aliphatic rings.